The molecule has 0 bridgehead atoms. The van der Waals surface area contributed by atoms with Crippen LogP contribution in [0.5, 0.6) is 0 Å². The summed E-state index contributed by atoms with van der Waals surface area (Å²) >= 11 is 0. The SMILES string of the molecule is COC(CN)c1nnc(C)n1C(C)C. The fourth-order valence-electron chi connectivity index (χ4n) is 1.55. The Balaban J connectivity index is 3.07. The minimum atomic E-state index is -0.168. The predicted molar refractivity (Wildman–Crippen MR) is 53.9 cm³/mol. The molecule has 0 aliphatic heterocycles. The molecule has 0 spiro atoms. The van der Waals surface area contributed by atoms with Gasteiger partial charge in [0, 0.05) is 19.7 Å². The smallest absolute Gasteiger partial charge is 0.163 e. The minimum absolute atomic E-state index is 0.168. The third-order valence-corrected chi connectivity index (χ3v) is 2.20. The molecule has 0 saturated carbocycles. The summed E-state index contributed by atoms with van der Waals surface area (Å²) in [5.41, 5.74) is 5.59. The molecule has 0 saturated heterocycles. The van der Waals surface area contributed by atoms with Crippen LogP contribution in [0.1, 0.15) is 37.6 Å². The molecule has 0 aliphatic carbocycles. The highest BCUT2D eigenvalue weighted by atomic mass is 16.5. The maximum Gasteiger partial charge on any atom is 0.163 e. The Morgan fingerprint density at radius 1 is 1.43 bits per heavy atom. The molecule has 0 amide bonds. The Kier molecular flexibility index (Phi) is 3.60. The highest BCUT2D eigenvalue weighted by Crippen LogP contribution is 2.18. The van der Waals surface area contributed by atoms with E-state index in [2.05, 4.69) is 24.0 Å². The zero-order valence-electron chi connectivity index (χ0n) is 9.19. The van der Waals surface area contributed by atoms with Crippen molar-refractivity contribution in [2.75, 3.05) is 13.7 Å². The van der Waals surface area contributed by atoms with Crippen molar-refractivity contribution < 1.29 is 4.74 Å². The molecule has 1 aromatic heterocycles. The highest BCUT2D eigenvalue weighted by Gasteiger charge is 2.19. The Bertz CT molecular complexity index is 291. The maximum atomic E-state index is 5.59. The number of nitrogens with zero attached hydrogens (tertiary/aromatic N) is 3. The first-order chi connectivity index (χ1) is 6.61. The van der Waals surface area contributed by atoms with Gasteiger partial charge in [0.2, 0.25) is 0 Å². The zero-order valence-corrected chi connectivity index (χ0v) is 9.19. The number of nitrogens with two attached hydrogens (primary N) is 1. The van der Waals surface area contributed by atoms with Gasteiger partial charge in [-0.1, -0.05) is 0 Å². The lowest BCUT2D eigenvalue weighted by atomic mass is 10.3. The van der Waals surface area contributed by atoms with Gasteiger partial charge >= 0.3 is 0 Å². The van der Waals surface area contributed by atoms with Crippen molar-refractivity contribution in [1.82, 2.24) is 14.8 Å². The van der Waals surface area contributed by atoms with Crippen LogP contribution >= 0.6 is 0 Å². The standard InChI is InChI=1S/C9H18N4O/c1-6(2)13-7(3)11-12-9(13)8(5-10)14-4/h6,8H,5,10H2,1-4H3. The molecule has 0 aromatic carbocycles. The summed E-state index contributed by atoms with van der Waals surface area (Å²) in [4.78, 5) is 0. The molecule has 1 unspecified atom stereocenters. The third-order valence-electron chi connectivity index (χ3n) is 2.20. The molecule has 5 heteroatoms. The summed E-state index contributed by atoms with van der Waals surface area (Å²) in [5.74, 6) is 1.70. The second-order valence-corrected chi connectivity index (χ2v) is 3.53. The lowest BCUT2D eigenvalue weighted by molar-refractivity contribution is 0.0982. The molecular formula is C9H18N4O. The first-order valence-electron chi connectivity index (χ1n) is 4.76. The summed E-state index contributed by atoms with van der Waals surface area (Å²) in [5, 5.41) is 8.12. The molecule has 0 aliphatic rings. The van der Waals surface area contributed by atoms with Gasteiger partial charge in [-0.2, -0.15) is 0 Å². The van der Waals surface area contributed by atoms with Gasteiger partial charge in [-0.05, 0) is 20.8 Å². The largest absolute Gasteiger partial charge is 0.372 e. The van der Waals surface area contributed by atoms with Crippen molar-refractivity contribution >= 4 is 0 Å². The van der Waals surface area contributed by atoms with Crippen LogP contribution in [-0.2, 0) is 4.74 Å². The lowest BCUT2D eigenvalue weighted by Gasteiger charge is -2.17. The van der Waals surface area contributed by atoms with Crippen molar-refractivity contribution in [3.8, 4) is 0 Å². The number of hydrogen-bond acceptors (Lipinski definition) is 4. The average Bonchev–Trinajstić information content (AvgIpc) is 2.50. The van der Waals surface area contributed by atoms with Gasteiger partial charge in [0.15, 0.2) is 5.82 Å². The summed E-state index contributed by atoms with van der Waals surface area (Å²) in [6.07, 6.45) is -0.168. The van der Waals surface area contributed by atoms with Gasteiger partial charge in [0.25, 0.3) is 0 Å². The van der Waals surface area contributed by atoms with E-state index in [-0.39, 0.29) is 6.10 Å². The molecule has 1 atom stereocenters. The molecule has 2 N–H and O–H groups in total. The molecule has 0 fully saturated rings. The number of ether oxygens (including phenoxy) is 1. The number of rotatable bonds is 4. The van der Waals surface area contributed by atoms with Gasteiger partial charge < -0.3 is 15.0 Å². The van der Waals surface area contributed by atoms with Crippen LogP contribution in [0.25, 0.3) is 0 Å². The van der Waals surface area contributed by atoms with Gasteiger partial charge in [0.1, 0.15) is 11.9 Å². The summed E-state index contributed by atoms with van der Waals surface area (Å²) in [6, 6.07) is 0.323. The number of hydrogen-bond donors (Lipinski definition) is 1. The molecule has 80 valence electrons. The van der Waals surface area contributed by atoms with E-state index in [4.69, 9.17) is 10.5 Å². The second kappa shape index (κ2) is 4.52. The van der Waals surface area contributed by atoms with E-state index in [1.165, 1.54) is 0 Å². The predicted octanol–water partition coefficient (Wildman–Crippen LogP) is 0.814. The Hall–Kier alpha value is -0.940. The van der Waals surface area contributed by atoms with Crippen LogP contribution in [0.3, 0.4) is 0 Å². The first-order valence-corrected chi connectivity index (χ1v) is 4.76. The van der Waals surface area contributed by atoms with E-state index in [0.29, 0.717) is 12.6 Å². The molecule has 1 rings (SSSR count). The van der Waals surface area contributed by atoms with E-state index < -0.39 is 0 Å². The van der Waals surface area contributed by atoms with Gasteiger partial charge in [0.05, 0.1) is 0 Å². The van der Waals surface area contributed by atoms with Crippen LogP contribution in [-0.4, -0.2) is 28.4 Å². The van der Waals surface area contributed by atoms with Gasteiger partial charge in [-0.25, -0.2) is 0 Å². The van der Waals surface area contributed by atoms with Crippen LogP contribution in [0, 0.1) is 6.92 Å². The molecule has 5 nitrogen and oxygen atoms in total. The van der Waals surface area contributed by atoms with E-state index >= 15 is 0 Å². The van der Waals surface area contributed by atoms with Crippen LogP contribution in [0.4, 0.5) is 0 Å². The van der Waals surface area contributed by atoms with Crippen LogP contribution in [0.15, 0.2) is 0 Å². The van der Waals surface area contributed by atoms with Gasteiger partial charge in [-0.3, -0.25) is 0 Å². The monoisotopic (exact) mass is 198 g/mol. The van der Waals surface area contributed by atoms with E-state index in [1.54, 1.807) is 7.11 Å². The van der Waals surface area contributed by atoms with Crippen molar-refractivity contribution in [2.24, 2.45) is 5.73 Å². The second-order valence-electron chi connectivity index (χ2n) is 3.53. The normalized spacial score (nSPS) is 13.6. The fraction of sp³-hybridized carbons (Fsp3) is 0.778. The number of aromatic nitrogens is 3. The molecule has 1 heterocycles. The minimum Gasteiger partial charge on any atom is -0.372 e. The molecular weight excluding hydrogens is 180 g/mol. The Labute approximate surface area is 84.3 Å². The van der Waals surface area contributed by atoms with Crippen molar-refractivity contribution in [1.29, 1.82) is 0 Å². The fourth-order valence-corrected chi connectivity index (χ4v) is 1.55. The third kappa shape index (κ3) is 1.93. The Morgan fingerprint density at radius 3 is 2.50 bits per heavy atom. The average molecular weight is 198 g/mol. The summed E-state index contributed by atoms with van der Waals surface area (Å²) in [7, 11) is 1.63. The number of aryl methyl sites for hydroxylation is 1. The maximum absolute atomic E-state index is 5.59. The summed E-state index contributed by atoms with van der Waals surface area (Å²) < 4.78 is 7.28. The van der Waals surface area contributed by atoms with Gasteiger partial charge in [-0.15, -0.1) is 10.2 Å². The molecule has 14 heavy (non-hydrogen) atoms. The Morgan fingerprint density at radius 2 is 2.07 bits per heavy atom. The van der Waals surface area contributed by atoms with E-state index in [9.17, 15) is 0 Å². The van der Waals surface area contributed by atoms with Crippen molar-refractivity contribution in [3.63, 3.8) is 0 Å². The topological polar surface area (TPSA) is 66.0 Å². The quantitative estimate of drug-likeness (QED) is 0.777. The first kappa shape index (κ1) is 11.1. The van der Waals surface area contributed by atoms with E-state index in [0.717, 1.165) is 11.6 Å². The lowest BCUT2D eigenvalue weighted by Crippen LogP contribution is -2.20. The summed E-state index contributed by atoms with van der Waals surface area (Å²) in [6.45, 7) is 6.52. The molecule has 0 radical (unpaired) electrons. The zero-order chi connectivity index (χ0) is 10.7. The highest BCUT2D eigenvalue weighted by molar-refractivity contribution is 5.00. The number of methoxy groups -OCH3 is 1. The van der Waals surface area contributed by atoms with Crippen molar-refractivity contribution in [2.45, 2.75) is 32.9 Å². The molecule has 1 aromatic rings. The van der Waals surface area contributed by atoms with Crippen LogP contribution in [0.2, 0.25) is 0 Å². The van der Waals surface area contributed by atoms with E-state index in [1.807, 2.05) is 11.5 Å². The van der Waals surface area contributed by atoms with Crippen molar-refractivity contribution in [3.05, 3.63) is 11.6 Å². The van der Waals surface area contributed by atoms with Crippen LogP contribution < -0.4 is 5.73 Å².